The molecule has 1 aliphatic heterocycles. The second-order valence-electron chi connectivity index (χ2n) is 10.4. The van der Waals surface area contributed by atoms with Crippen molar-refractivity contribution in [2.45, 2.75) is 76.5 Å². The van der Waals surface area contributed by atoms with Gasteiger partial charge in [0.2, 0.25) is 5.95 Å². The summed E-state index contributed by atoms with van der Waals surface area (Å²) in [4.78, 5) is 8.66. The van der Waals surface area contributed by atoms with Crippen molar-refractivity contribution < 1.29 is 23.0 Å². The lowest BCUT2D eigenvalue weighted by Crippen LogP contribution is -2.51. The molecule has 1 aliphatic rings. The predicted molar refractivity (Wildman–Crippen MR) is 144 cm³/mol. The number of fused-ring (bicyclic) bond motifs is 1. The van der Waals surface area contributed by atoms with Crippen LogP contribution in [0.15, 0.2) is 18.3 Å². The number of benzene rings is 1. The van der Waals surface area contributed by atoms with Crippen LogP contribution in [0.1, 0.15) is 64.8 Å². The topological polar surface area (TPSA) is 141 Å². The van der Waals surface area contributed by atoms with Gasteiger partial charge in [-0.05, 0) is 52.7 Å². The van der Waals surface area contributed by atoms with E-state index in [0.29, 0.717) is 16.8 Å². The number of aliphatic hydroxyl groups is 2. The SMILES string of the molecule is CC[C@@H]1[C@H](O)[C@@H](Nc2ncc(Cl)c(-c3cc(F)c4c(C#N)c(C(C)(C)O)n(C(C)C)c4c3)n2)CCS1(=O)=O. The number of aliphatic hydroxyl groups excluding tert-OH is 1. The van der Waals surface area contributed by atoms with E-state index in [0.717, 1.165) is 0 Å². The van der Waals surface area contributed by atoms with E-state index in [1.807, 2.05) is 13.8 Å². The summed E-state index contributed by atoms with van der Waals surface area (Å²) in [6.45, 7) is 8.56. The van der Waals surface area contributed by atoms with Crippen LogP contribution < -0.4 is 5.32 Å². The number of aromatic nitrogens is 3. The summed E-state index contributed by atoms with van der Waals surface area (Å²) in [7, 11) is -3.39. The normalized spacial score (nSPS) is 21.6. The van der Waals surface area contributed by atoms with Crippen molar-refractivity contribution in [2.75, 3.05) is 11.1 Å². The number of nitriles is 1. The lowest BCUT2D eigenvalue weighted by Gasteiger charge is -2.34. The minimum atomic E-state index is -3.39. The number of hydrogen-bond acceptors (Lipinski definition) is 8. The second-order valence-corrected chi connectivity index (χ2v) is 13.2. The first kappa shape index (κ1) is 28.2. The van der Waals surface area contributed by atoms with Crippen molar-refractivity contribution in [2.24, 2.45) is 0 Å². The van der Waals surface area contributed by atoms with Gasteiger partial charge >= 0.3 is 0 Å². The zero-order chi connectivity index (χ0) is 28.2. The van der Waals surface area contributed by atoms with Gasteiger partial charge in [0.1, 0.15) is 17.5 Å². The van der Waals surface area contributed by atoms with Gasteiger partial charge in [0.15, 0.2) is 9.84 Å². The van der Waals surface area contributed by atoms with Crippen molar-refractivity contribution in [3.8, 4) is 17.3 Å². The van der Waals surface area contributed by atoms with Gasteiger partial charge in [-0.3, -0.25) is 0 Å². The fourth-order valence-electron chi connectivity index (χ4n) is 5.31. The lowest BCUT2D eigenvalue weighted by atomic mass is 9.99. The van der Waals surface area contributed by atoms with Crippen LogP contribution in [-0.4, -0.2) is 56.3 Å². The van der Waals surface area contributed by atoms with Gasteiger partial charge in [-0.1, -0.05) is 18.5 Å². The Bertz CT molecular complexity index is 1540. The first-order valence-electron chi connectivity index (χ1n) is 12.4. The molecule has 204 valence electrons. The van der Waals surface area contributed by atoms with Crippen LogP contribution in [0.3, 0.4) is 0 Å². The minimum Gasteiger partial charge on any atom is -0.390 e. The molecule has 1 fully saturated rings. The number of sulfone groups is 1. The molecular weight excluding hydrogens is 533 g/mol. The number of anilines is 1. The molecule has 0 aliphatic carbocycles. The smallest absolute Gasteiger partial charge is 0.223 e. The second kappa shape index (κ2) is 10.1. The summed E-state index contributed by atoms with van der Waals surface area (Å²) in [6, 6.07) is 4.16. The third kappa shape index (κ3) is 4.86. The lowest BCUT2D eigenvalue weighted by molar-refractivity contribution is 0.0688. The van der Waals surface area contributed by atoms with Crippen LogP contribution in [-0.2, 0) is 15.4 Å². The summed E-state index contributed by atoms with van der Waals surface area (Å²) in [6.07, 6.45) is 0.664. The molecule has 3 heterocycles. The maximum atomic E-state index is 15.6. The quantitative estimate of drug-likeness (QED) is 0.403. The Morgan fingerprint density at radius 2 is 2.05 bits per heavy atom. The van der Waals surface area contributed by atoms with E-state index in [2.05, 4.69) is 21.4 Å². The fraction of sp³-hybridized carbons (Fsp3) is 0.500. The van der Waals surface area contributed by atoms with E-state index >= 15 is 4.39 Å². The highest BCUT2D eigenvalue weighted by atomic mass is 35.5. The van der Waals surface area contributed by atoms with E-state index in [1.165, 1.54) is 12.3 Å². The number of nitrogens with one attached hydrogen (secondary N) is 1. The maximum Gasteiger partial charge on any atom is 0.223 e. The summed E-state index contributed by atoms with van der Waals surface area (Å²) >= 11 is 6.42. The third-order valence-electron chi connectivity index (χ3n) is 6.97. The molecule has 1 aromatic carbocycles. The zero-order valence-corrected chi connectivity index (χ0v) is 23.4. The zero-order valence-electron chi connectivity index (χ0n) is 21.8. The van der Waals surface area contributed by atoms with Crippen molar-refractivity contribution in [1.82, 2.24) is 14.5 Å². The molecule has 0 unspecified atom stereocenters. The molecule has 12 heteroatoms. The largest absolute Gasteiger partial charge is 0.390 e. The van der Waals surface area contributed by atoms with Crippen LogP contribution in [0.2, 0.25) is 5.02 Å². The summed E-state index contributed by atoms with van der Waals surface area (Å²) in [5.41, 5.74) is -0.0805. The van der Waals surface area contributed by atoms with Gasteiger partial charge < -0.3 is 20.1 Å². The van der Waals surface area contributed by atoms with E-state index in [1.54, 1.807) is 31.4 Å². The summed E-state index contributed by atoms with van der Waals surface area (Å²) < 4.78 is 42.0. The van der Waals surface area contributed by atoms with Gasteiger partial charge in [0.25, 0.3) is 0 Å². The number of nitrogens with zero attached hydrogens (tertiary/aromatic N) is 4. The average molecular weight is 564 g/mol. The Labute approximate surface area is 226 Å². The number of rotatable bonds is 6. The molecule has 0 bridgehead atoms. The molecule has 0 spiro atoms. The van der Waals surface area contributed by atoms with Crippen LogP contribution in [0.25, 0.3) is 22.2 Å². The molecule has 3 N–H and O–H groups in total. The molecular formula is C26H31ClFN5O4S. The highest BCUT2D eigenvalue weighted by molar-refractivity contribution is 7.92. The molecule has 0 saturated carbocycles. The standard InChI is InChI=1S/C26H31ClFN5O4S/c1-6-20-23(34)18(7-8-38(20,36)37)31-25-30-12-16(27)22(32-25)14-9-17(28)21-15(11-29)24(26(4,5)35)33(13(2)3)19(21)10-14/h9-10,12-13,18,20,23,34-35H,6-8H2,1-5H3,(H,30,31,32)/t18-,20+,23+/m0/s1. The van der Waals surface area contributed by atoms with Crippen LogP contribution >= 0.6 is 11.6 Å². The van der Waals surface area contributed by atoms with Crippen molar-refractivity contribution >= 4 is 38.3 Å². The molecule has 9 nitrogen and oxygen atoms in total. The van der Waals surface area contributed by atoms with Gasteiger partial charge in [-0.25, -0.2) is 22.8 Å². The van der Waals surface area contributed by atoms with Gasteiger partial charge in [-0.15, -0.1) is 0 Å². The molecule has 4 rings (SSSR count). The van der Waals surface area contributed by atoms with Crippen molar-refractivity contribution in [3.05, 3.63) is 40.4 Å². The monoisotopic (exact) mass is 563 g/mol. The molecule has 0 amide bonds. The minimum absolute atomic E-state index is 0.0631. The summed E-state index contributed by atoms with van der Waals surface area (Å²) in [5.74, 6) is -0.626. The van der Waals surface area contributed by atoms with Crippen LogP contribution in [0.5, 0.6) is 0 Å². The van der Waals surface area contributed by atoms with E-state index in [4.69, 9.17) is 11.6 Å². The summed E-state index contributed by atoms with van der Waals surface area (Å²) in [5, 5.41) is 33.8. The van der Waals surface area contributed by atoms with Gasteiger partial charge in [-0.2, -0.15) is 5.26 Å². The highest BCUT2D eigenvalue weighted by Gasteiger charge is 2.41. The molecule has 0 radical (unpaired) electrons. The Morgan fingerprint density at radius 3 is 2.63 bits per heavy atom. The third-order valence-corrected chi connectivity index (χ3v) is 9.58. The van der Waals surface area contributed by atoms with Crippen LogP contribution in [0.4, 0.5) is 10.3 Å². The highest BCUT2D eigenvalue weighted by Crippen LogP contribution is 2.39. The number of hydrogen-bond donors (Lipinski definition) is 3. The first-order valence-corrected chi connectivity index (χ1v) is 14.5. The molecule has 2 aromatic heterocycles. The Hall–Kier alpha value is -2.78. The van der Waals surface area contributed by atoms with Gasteiger partial charge in [0, 0.05) is 11.6 Å². The Kier molecular flexibility index (Phi) is 7.49. The Balaban J connectivity index is 1.82. The Morgan fingerprint density at radius 1 is 1.37 bits per heavy atom. The molecule has 38 heavy (non-hydrogen) atoms. The molecule has 1 saturated heterocycles. The van der Waals surface area contributed by atoms with Crippen molar-refractivity contribution in [3.63, 3.8) is 0 Å². The maximum absolute atomic E-state index is 15.6. The van der Waals surface area contributed by atoms with Crippen LogP contribution in [0, 0.1) is 17.1 Å². The first-order chi connectivity index (χ1) is 17.7. The fourth-order valence-corrected chi connectivity index (χ4v) is 7.52. The van der Waals surface area contributed by atoms with E-state index < -0.39 is 38.7 Å². The van der Waals surface area contributed by atoms with E-state index in [-0.39, 0.29) is 52.3 Å². The predicted octanol–water partition coefficient (Wildman–Crippen LogP) is 4.31. The molecule has 3 atom stereocenters. The van der Waals surface area contributed by atoms with Crippen molar-refractivity contribution in [1.29, 1.82) is 5.26 Å². The van der Waals surface area contributed by atoms with Gasteiger partial charge in [0.05, 0.1) is 62.2 Å². The number of halogens is 2. The molecule has 3 aromatic rings. The average Bonchev–Trinajstić information content (AvgIpc) is 3.18. The van der Waals surface area contributed by atoms with E-state index in [9.17, 15) is 23.9 Å².